The first kappa shape index (κ1) is 23.2. The normalized spacial score (nSPS) is 16.6. The van der Waals surface area contributed by atoms with E-state index in [1.165, 1.54) is 11.5 Å². The maximum Gasteiger partial charge on any atom is 0.412 e. The van der Waals surface area contributed by atoms with Crippen molar-refractivity contribution in [2.24, 2.45) is 0 Å². The molecule has 6 rings (SSSR count). The highest BCUT2D eigenvalue weighted by molar-refractivity contribution is 7.06. The molecule has 0 saturated heterocycles. The number of anilines is 1. The number of oxazole rings is 2. The summed E-state index contributed by atoms with van der Waals surface area (Å²) in [7, 11) is 0. The van der Waals surface area contributed by atoms with Gasteiger partial charge in [0.1, 0.15) is 11.5 Å². The minimum absolute atomic E-state index is 0.0240. The van der Waals surface area contributed by atoms with E-state index in [1.54, 1.807) is 0 Å². The van der Waals surface area contributed by atoms with Crippen LogP contribution >= 0.6 is 11.5 Å². The summed E-state index contributed by atoms with van der Waals surface area (Å²) in [5, 5.41) is 12.3. The Bertz CT molecular complexity index is 1570. The third-order valence-corrected chi connectivity index (χ3v) is 7.64. The van der Waals surface area contributed by atoms with E-state index in [0.717, 1.165) is 28.8 Å². The minimum atomic E-state index is -1.08. The summed E-state index contributed by atoms with van der Waals surface area (Å²) in [6.07, 6.45) is 1.97. The summed E-state index contributed by atoms with van der Waals surface area (Å²) in [5.41, 5.74) is 1.98. The summed E-state index contributed by atoms with van der Waals surface area (Å²) < 4.78 is 21.1. The fourth-order valence-electron chi connectivity index (χ4n) is 4.19. The molecule has 37 heavy (non-hydrogen) atoms. The van der Waals surface area contributed by atoms with Gasteiger partial charge in [-0.2, -0.15) is 14.3 Å². The number of aryl methyl sites for hydroxylation is 1. The molecule has 1 atom stereocenters. The highest BCUT2D eigenvalue weighted by Gasteiger charge is 2.56. The van der Waals surface area contributed by atoms with Gasteiger partial charge >= 0.3 is 17.8 Å². The molecule has 0 spiro atoms. The van der Waals surface area contributed by atoms with Gasteiger partial charge in [0, 0.05) is 5.92 Å². The van der Waals surface area contributed by atoms with Gasteiger partial charge in [-0.15, -0.1) is 0 Å². The molecule has 3 aromatic heterocycles. The van der Waals surface area contributed by atoms with Crippen molar-refractivity contribution >= 4 is 40.7 Å². The molecular weight excluding hydrogens is 496 g/mol. The molecule has 1 unspecified atom stereocenters. The standard InChI is InChI=1S/C26H22N4O6S/c1-13-5-3-4-6-16(13)14(2)34-25(33)28-19-17(30-37-20(19)15-7-8-15)9-10-18-27-21-22(35-18)36-23(29-21)26(11-12-26)24(31)32/h3-6,14-15H,7-8,11-12H2,1-2H3,(H,28,33)(H,31,32). The van der Waals surface area contributed by atoms with E-state index in [2.05, 4.69) is 31.5 Å². The predicted molar refractivity (Wildman–Crippen MR) is 132 cm³/mol. The van der Waals surface area contributed by atoms with E-state index in [-0.39, 0.29) is 23.2 Å². The Hall–Kier alpha value is -4.17. The largest absolute Gasteiger partial charge is 0.480 e. The Labute approximate surface area is 215 Å². The zero-order valence-electron chi connectivity index (χ0n) is 20.0. The molecule has 0 aliphatic heterocycles. The van der Waals surface area contributed by atoms with Crippen molar-refractivity contribution in [3.63, 3.8) is 0 Å². The van der Waals surface area contributed by atoms with Gasteiger partial charge in [0.05, 0.1) is 10.6 Å². The van der Waals surface area contributed by atoms with Crippen LogP contribution in [0.2, 0.25) is 0 Å². The van der Waals surface area contributed by atoms with Crippen LogP contribution in [0.15, 0.2) is 33.1 Å². The number of hydrogen-bond donors (Lipinski definition) is 2. The first-order chi connectivity index (χ1) is 17.8. The Morgan fingerprint density at radius 3 is 2.68 bits per heavy atom. The number of nitrogens with one attached hydrogen (secondary N) is 1. The van der Waals surface area contributed by atoms with Crippen LogP contribution in [-0.4, -0.2) is 31.5 Å². The van der Waals surface area contributed by atoms with E-state index in [9.17, 15) is 14.7 Å². The number of rotatable bonds is 6. The van der Waals surface area contributed by atoms with Crippen LogP contribution in [-0.2, 0) is 14.9 Å². The summed E-state index contributed by atoms with van der Waals surface area (Å²) in [6, 6.07) is 7.76. The summed E-state index contributed by atoms with van der Waals surface area (Å²) in [5.74, 6) is 5.26. The maximum absolute atomic E-state index is 12.8. The van der Waals surface area contributed by atoms with Crippen molar-refractivity contribution < 1.29 is 28.3 Å². The van der Waals surface area contributed by atoms with Gasteiger partial charge < -0.3 is 18.7 Å². The van der Waals surface area contributed by atoms with Gasteiger partial charge in [-0.1, -0.05) is 24.3 Å². The molecule has 2 aliphatic rings. The second kappa shape index (κ2) is 8.74. The molecule has 4 aromatic rings. The number of fused-ring (bicyclic) bond motifs is 1. The van der Waals surface area contributed by atoms with Crippen LogP contribution in [0.4, 0.5) is 10.5 Å². The Balaban J connectivity index is 1.21. The number of hydrogen-bond acceptors (Lipinski definition) is 9. The van der Waals surface area contributed by atoms with Crippen molar-refractivity contribution in [1.82, 2.24) is 14.3 Å². The fraction of sp³-hybridized carbons (Fsp3) is 0.346. The molecule has 0 bridgehead atoms. The average Bonchev–Trinajstić information content (AvgIpc) is 3.75. The van der Waals surface area contributed by atoms with Gasteiger partial charge in [-0.25, -0.2) is 4.79 Å². The lowest BCUT2D eigenvalue weighted by Gasteiger charge is -2.16. The molecule has 0 radical (unpaired) electrons. The smallest absolute Gasteiger partial charge is 0.412 e. The SMILES string of the molecule is Cc1ccccc1C(C)OC(=O)Nc1c(C#Cc2nc3nc(C4(C(=O)O)CC4)oc3o2)nsc1C1CC1. The predicted octanol–water partition coefficient (Wildman–Crippen LogP) is 5.28. The topological polar surface area (TPSA) is 141 Å². The number of aliphatic carboxylic acids is 1. The van der Waals surface area contributed by atoms with Crippen LogP contribution in [0, 0.1) is 18.8 Å². The highest BCUT2D eigenvalue weighted by atomic mass is 32.1. The van der Waals surface area contributed by atoms with Crippen LogP contribution < -0.4 is 5.32 Å². The third kappa shape index (κ3) is 4.34. The monoisotopic (exact) mass is 518 g/mol. The second-order valence-corrected chi connectivity index (χ2v) is 10.2. The van der Waals surface area contributed by atoms with E-state index >= 15 is 0 Å². The second-order valence-electron chi connectivity index (χ2n) is 9.36. The van der Waals surface area contributed by atoms with Crippen molar-refractivity contribution in [3.05, 3.63) is 57.7 Å². The Morgan fingerprint density at radius 2 is 2.00 bits per heavy atom. The van der Waals surface area contributed by atoms with E-state index in [0.29, 0.717) is 30.1 Å². The van der Waals surface area contributed by atoms with Crippen LogP contribution in [0.5, 0.6) is 0 Å². The van der Waals surface area contributed by atoms with Crippen LogP contribution in [0.25, 0.3) is 11.4 Å². The number of aromatic nitrogens is 3. The molecule has 2 fully saturated rings. The van der Waals surface area contributed by atoms with E-state index in [1.807, 2.05) is 38.1 Å². The van der Waals surface area contributed by atoms with Gasteiger partial charge in [0.25, 0.3) is 5.89 Å². The molecule has 188 valence electrons. The first-order valence-corrected chi connectivity index (χ1v) is 12.7. The molecular formula is C26H22N4O6S. The Morgan fingerprint density at radius 1 is 1.22 bits per heavy atom. The number of carboxylic acid groups (broad SMARTS) is 1. The lowest BCUT2D eigenvalue weighted by molar-refractivity contribution is -0.140. The lowest BCUT2D eigenvalue weighted by atomic mass is 10.1. The zero-order chi connectivity index (χ0) is 25.7. The number of amides is 1. The number of carbonyl (C=O) groups is 2. The molecule has 2 aliphatic carbocycles. The number of benzene rings is 1. The fourth-order valence-corrected chi connectivity index (χ4v) is 5.14. The number of ether oxygens (including phenoxy) is 1. The van der Waals surface area contributed by atoms with Gasteiger partial charge in [-0.3, -0.25) is 10.1 Å². The van der Waals surface area contributed by atoms with Crippen molar-refractivity contribution in [1.29, 1.82) is 0 Å². The first-order valence-electron chi connectivity index (χ1n) is 11.9. The zero-order valence-corrected chi connectivity index (χ0v) is 20.8. The highest BCUT2D eigenvalue weighted by Crippen LogP contribution is 2.49. The van der Waals surface area contributed by atoms with E-state index in [4.69, 9.17) is 13.6 Å². The van der Waals surface area contributed by atoms with E-state index < -0.39 is 23.6 Å². The molecule has 3 heterocycles. The Kier molecular flexibility index (Phi) is 5.49. The number of nitrogens with zero attached hydrogens (tertiary/aromatic N) is 3. The number of carbonyl (C=O) groups excluding carboxylic acids is 1. The molecule has 1 aromatic carbocycles. The van der Waals surface area contributed by atoms with Gasteiger partial charge in [0.2, 0.25) is 11.5 Å². The summed E-state index contributed by atoms with van der Waals surface area (Å²) in [6.45, 7) is 3.80. The number of carboxylic acids is 1. The molecule has 11 heteroatoms. The minimum Gasteiger partial charge on any atom is -0.480 e. The molecule has 2 N–H and O–H groups in total. The van der Waals surface area contributed by atoms with Crippen LogP contribution in [0.1, 0.15) is 78.1 Å². The van der Waals surface area contributed by atoms with Gasteiger partial charge in [-0.05, 0) is 74.0 Å². The van der Waals surface area contributed by atoms with Crippen molar-refractivity contribution in [3.8, 4) is 11.8 Å². The van der Waals surface area contributed by atoms with Crippen molar-refractivity contribution in [2.45, 2.75) is 57.0 Å². The molecule has 1 amide bonds. The maximum atomic E-state index is 12.8. The average molecular weight is 519 g/mol. The lowest BCUT2D eigenvalue weighted by Crippen LogP contribution is -2.19. The molecule has 2 saturated carbocycles. The van der Waals surface area contributed by atoms with Gasteiger partial charge in [0.15, 0.2) is 5.69 Å². The summed E-state index contributed by atoms with van der Waals surface area (Å²) in [4.78, 5) is 33.6. The molecule has 10 nitrogen and oxygen atoms in total. The van der Waals surface area contributed by atoms with Crippen molar-refractivity contribution in [2.75, 3.05) is 5.32 Å². The quantitative estimate of drug-likeness (QED) is 0.326. The third-order valence-electron chi connectivity index (χ3n) is 6.64. The van der Waals surface area contributed by atoms with Crippen LogP contribution in [0.3, 0.4) is 0 Å². The summed E-state index contributed by atoms with van der Waals surface area (Å²) >= 11 is 1.30.